The van der Waals surface area contributed by atoms with Crippen LogP contribution in [-0.4, -0.2) is 42.9 Å². The summed E-state index contributed by atoms with van der Waals surface area (Å²) in [6.07, 6.45) is 0.359. The zero-order valence-electron chi connectivity index (χ0n) is 11.6. The van der Waals surface area contributed by atoms with Crippen LogP contribution in [0.4, 0.5) is 14.9 Å². The van der Waals surface area contributed by atoms with Crippen LogP contribution in [0.15, 0.2) is 24.3 Å². The number of ether oxygens (including phenoxy) is 1. The molecule has 0 atom stereocenters. The van der Waals surface area contributed by atoms with E-state index >= 15 is 0 Å². The first-order valence-electron chi connectivity index (χ1n) is 6.58. The SMILES string of the molecule is CN(C(=O)NC1(C(=O)O)CCOCC1)c1ccccc1F. The average Bonchev–Trinajstić information content (AvgIpc) is 2.47. The van der Waals surface area contributed by atoms with Gasteiger partial charge in [-0.25, -0.2) is 14.0 Å². The lowest BCUT2D eigenvalue weighted by molar-refractivity contribution is -0.148. The highest BCUT2D eigenvalue weighted by Crippen LogP contribution is 2.23. The highest BCUT2D eigenvalue weighted by atomic mass is 19.1. The summed E-state index contributed by atoms with van der Waals surface area (Å²) in [6, 6.07) is 5.14. The van der Waals surface area contributed by atoms with Gasteiger partial charge in [-0.05, 0) is 12.1 Å². The van der Waals surface area contributed by atoms with Crippen LogP contribution in [-0.2, 0) is 9.53 Å². The molecule has 0 unspecified atom stereocenters. The van der Waals surface area contributed by atoms with E-state index in [0.29, 0.717) is 0 Å². The van der Waals surface area contributed by atoms with Gasteiger partial charge >= 0.3 is 12.0 Å². The highest BCUT2D eigenvalue weighted by Gasteiger charge is 2.42. The predicted molar refractivity (Wildman–Crippen MR) is 73.8 cm³/mol. The zero-order chi connectivity index (χ0) is 15.5. The van der Waals surface area contributed by atoms with Gasteiger partial charge in [-0.15, -0.1) is 0 Å². The maximum absolute atomic E-state index is 13.7. The fourth-order valence-corrected chi connectivity index (χ4v) is 2.23. The molecule has 2 N–H and O–H groups in total. The summed E-state index contributed by atoms with van der Waals surface area (Å²) in [7, 11) is 1.39. The van der Waals surface area contributed by atoms with Crippen molar-refractivity contribution in [3.63, 3.8) is 0 Å². The third kappa shape index (κ3) is 3.13. The molecule has 21 heavy (non-hydrogen) atoms. The van der Waals surface area contributed by atoms with Gasteiger partial charge in [-0.3, -0.25) is 4.90 Å². The van der Waals surface area contributed by atoms with Gasteiger partial charge in [-0.2, -0.15) is 0 Å². The van der Waals surface area contributed by atoms with E-state index in [1.807, 2.05) is 0 Å². The summed E-state index contributed by atoms with van der Waals surface area (Å²) in [6.45, 7) is 0.520. The van der Waals surface area contributed by atoms with E-state index in [-0.39, 0.29) is 31.7 Å². The molecule has 114 valence electrons. The summed E-state index contributed by atoms with van der Waals surface area (Å²) >= 11 is 0. The molecular weight excluding hydrogens is 279 g/mol. The second-order valence-corrected chi connectivity index (χ2v) is 4.94. The molecule has 0 saturated carbocycles. The van der Waals surface area contributed by atoms with Crippen LogP contribution in [0.5, 0.6) is 0 Å². The van der Waals surface area contributed by atoms with Crippen molar-refractivity contribution in [3.8, 4) is 0 Å². The van der Waals surface area contributed by atoms with Crippen LogP contribution in [0.1, 0.15) is 12.8 Å². The van der Waals surface area contributed by atoms with Crippen molar-refractivity contribution in [1.82, 2.24) is 5.32 Å². The Bertz CT molecular complexity index is 544. The van der Waals surface area contributed by atoms with Crippen molar-refractivity contribution < 1.29 is 23.8 Å². The molecule has 2 amide bonds. The van der Waals surface area contributed by atoms with Gasteiger partial charge in [0.25, 0.3) is 0 Å². The predicted octanol–water partition coefficient (Wildman–Crippen LogP) is 1.61. The number of carboxylic acid groups (broad SMARTS) is 1. The number of carbonyl (C=O) groups excluding carboxylic acids is 1. The Morgan fingerprint density at radius 1 is 1.33 bits per heavy atom. The molecule has 1 aliphatic heterocycles. The lowest BCUT2D eigenvalue weighted by atomic mass is 9.90. The van der Waals surface area contributed by atoms with Crippen molar-refractivity contribution >= 4 is 17.7 Å². The van der Waals surface area contributed by atoms with Crippen molar-refractivity contribution in [3.05, 3.63) is 30.1 Å². The van der Waals surface area contributed by atoms with E-state index in [1.54, 1.807) is 6.07 Å². The Kier molecular flexibility index (Phi) is 4.42. The van der Waals surface area contributed by atoms with Gasteiger partial charge in [-0.1, -0.05) is 12.1 Å². The second-order valence-electron chi connectivity index (χ2n) is 4.94. The van der Waals surface area contributed by atoms with Crippen molar-refractivity contribution in [2.45, 2.75) is 18.4 Å². The smallest absolute Gasteiger partial charge is 0.329 e. The zero-order valence-corrected chi connectivity index (χ0v) is 11.6. The molecule has 1 saturated heterocycles. The number of nitrogens with one attached hydrogen (secondary N) is 1. The number of halogens is 1. The van der Waals surface area contributed by atoms with Gasteiger partial charge in [0, 0.05) is 33.1 Å². The number of anilines is 1. The lowest BCUT2D eigenvalue weighted by Crippen LogP contribution is -2.60. The molecule has 2 rings (SSSR count). The topological polar surface area (TPSA) is 78.9 Å². The second kappa shape index (κ2) is 6.09. The van der Waals surface area contributed by atoms with Crippen LogP contribution < -0.4 is 10.2 Å². The summed E-state index contributed by atoms with van der Waals surface area (Å²) in [4.78, 5) is 24.8. The Hall–Kier alpha value is -2.15. The first-order valence-corrected chi connectivity index (χ1v) is 6.58. The van der Waals surface area contributed by atoms with E-state index in [2.05, 4.69) is 5.32 Å². The summed E-state index contributed by atoms with van der Waals surface area (Å²) < 4.78 is 18.8. The van der Waals surface area contributed by atoms with Crippen LogP contribution in [0.3, 0.4) is 0 Å². The van der Waals surface area contributed by atoms with Crippen LogP contribution in [0.25, 0.3) is 0 Å². The number of aliphatic carboxylic acids is 1. The quantitative estimate of drug-likeness (QED) is 0.888. The molecule has 7 heteroatoms. The first-order chi connectivity index (χ1) is 9.96. The van der Waals surface area contributed by atoms with Crippen molar-refractivity contribution in [2.75, 3.05) is 25.2 Å². The summed E-state index contributed by atoms with van der Waals surface area (Å²) in [5, 5.41) is 11.9. The Balaban J connectivity index is 2.16. The monoisotopic (exact) mass is 296 g/mol. The van der Waals surface area contributed by atoms with E-state index in [9.17, 15) is 19.1 Å². The van der Waals surface area contributed by atoms with Crippen LogP contribution in [0.2, 0.25) is 0 Å². The third-order valence-electron chi connectivity index (χ3n) is 3.62. The number of urea groups is 1. The normalized spacial score (nSPS) is 17.0. The van der Waals surface area contributed by atoms with Gasteiger partial charge in [0.2, 0.25) is 0 Å². The molecule has 0 aliphatic carbocycles. The van der Waals surface area contributed by atoms with E-state index in [4.69, 9.17) is 4.74 Å². The molecule has 1 aliphatic rings. The molecule has 1 heterocycles. The fraction of sp³-hybridized carbons (Fsp3) is 0.429. The number of nitrogens with zero attached hydrogens (tertiary/aromatic N) is 1. The van der Waals surface area contributed by atoms with Crippen molar-refractivity contribution in [2.24, 2.45) is 0 Å². The molecule has 1 aromatic carbocycles. The molecule has 0 bridgehead atoms. The van der Waals surface area contributed by atoms with E-state index < -0.39 is 23.4 Å². The molecule has 1 aromatic rings. The largest absolute Gasteiger partial charge is 0.480 e. The molecule has 0 spiro atoms. The van der Waals surface area contributed by atoms with Crippen LogP contribution in [0, 0.1) is 5.82 Å². The number of amides is 2. The minimum absolute atomic E-state index is 0.0857. The highest BCUT2D eigenvalue weighted by molar-refractivity contribution is 5.95. The van der Waals surface area contributed by atoms with Gasteiger partial charge in [0.05, 0.1) is 5.69 Å². The number of carbonyl (C=O) groups is 2. The molecule has 0 radical (unpaired) electrons. The van der Waals surface area contributed by atoms with Gasteiger partial charge in [0.1, 0.15) is 11.4 Å². The maximum Gasteiger partial charge on any atom is 0.329 e. The molecule has 6 nitrogen and oxygen atoms in total. The Labute approximate surface area is 121 Å². The average molecular weight is 296 g/mol. The third-order valence-corrected chi connectivity index (χ3v) is 3.62. The van der Waals surface area contributed by atoms with Gasteiger partial charge in [0.15, 0.2) is 0 Å². The first kappa shape index (κ1) is 15.2. The molecular formula is C14H17FN2O4. The number of hydrogen-bond acceptors (Lipinski definition) is 3. The Morgan fingerprint density at radius 2 is 1.95 bits per heavy atom. The molecule has 1 fully saturated rings. The molecule has 0 aromatic heterocycles. The minimum atomic E-state index is -1.37. The maximum atomic E-state index is 13.7. The number of rotatable bonds is 3. The summed E-state index contributed by atoms with van der Waals surface area (Å²) in [5.41, 5.74) is -1.28. The van der Waals surface area contributed by atoms with Crippen LogP contribution >= 0.6 is 0 Å². The number of benzene rings is 1. The van der Waals surface area contributed by atoms with Gasteiger partial charge < -0.3 is 15.2 Å². The standard InChI is InChI=1S/C14H17FN2O4/c1-17(11-5-3-2-4-10(11)15)13(20)16-14(12(18)19)6-8-21-9-7-14/h2-5H,6-9H2,1H3,(H,16,20)(H,18,19). The fourth-order valence-electron chi connectivity index (χ4n) is 2.23. The number of carboxylic acids is 1. The van der Waals surface area contributed by atoms with Crippen molar-refractivity contribution in [1.29, 1.82) is 0 Å². The van der Waals surface area contributed by atoms with E-state index in [1.165, 1.54) is 25.2 Å². The summed E-state index contributed by atoms with van der Waals surface area (Å²) in [5.74, 6) is -1.66. The lowest BCUT2D eigenvalue weighted by Gasteiger charge is -2.35. The number of hydrogen-bond donors (Lipinski definition) is 2. The number of para-hydroxylation sites is 1. The Morgan fingerprint density at radius 3 is 2.52 bits per heavy atom. The minimum Gasteiger partial charge on any atom is -0.480 e. The van der Waals surface area contributed by atoms with E-state index in [0.717, 1.165) is 4.90 Å².